The van der Waals surface area contributed by atoms with Gasteiger partial charge in [-0.05, 0) is 49.6 Å². The molecule has 230 valence electrons. The van der Waals surface area contributed by atoms with Gasteiger partial charge in [-0.25, -0.2) is 15.0 Å². The van der Waals surface area contributed by atoms with Crippen LogP contribution in [0, 0.1) is 0 Å². The van der Waals surface area contributed by atoms with Crippen molar-refractivity contribution in [3.8, 4) is 17.0 Å². The van der Waals surface area contributed by atoms with Crippen LogP contribution in [0.3, 0.4) is 0 Å². The molecule has 0 saturated carbocycles. The molecule has 44 heavy (non-hydrogen) atoms. The highest BCUT2D eigenvalue weighted by molar-refractivity contribution is 6.06. The summed E-state index contributed by atoms with van der Waals surface area (Å²) in [6, 6.07) is 6.06. The van der Waals surface area contributed by atoms with Crippen molar-refractivity contribution >= 4 is 29.0 Å². The van der Waals surface area contributed by atoms with E-state index in [2.05, 4.69) is 9.97 Å². The zero-order chi connectivity index (χ0) is 31.2. The molecule has 2 saturated heterocycles. The fraction of sp³-hybridized carbons (Fsp3) is 0.367. The number of ether oxygens (including phenoxy) is 1. The molecule has 3 aromatic heterocycles. The highest BCUT2D eigenvalue weighted by Gasteiger charge is 2.38. The van der Waals surface area contributed by atoms with E-state index in [0.717, 1.165) is 42.5 Å². The average Bonchev–Trinajstić information content (AvgIpc) is 3.58. The first-order valence-electron chi connectivity index (χ1n) is 14.2. The molecule has 2 aliphatic heterocycles. The number of anilines is 2. The number of piperidine rings is 1. The number of fused-ring (bicyclic) bond motifs is 2. The Balaban J connectivity index is 1.35. The minimum absolute atomic E-state index is 0.0160. The van der Waals surface area contributed by atoms with Gasteiger partial charge in [-0.1, -0.05) is 0 Å². The van der Waals surface area contributed by atoms with Gasteiger partial charge in [0.05, 0.1) is 18.7 Å². The van der Waals surface area contributed by atoms with Crippen LogP contribution in [0.25, 0.3) is 16.8 Å². The number of imidazole rings is 1. The van der Waals surface area contributed by atoms with Gasteiger partial charge >= 0.3 is 6.18 Å². The molecule has 2 aliphatic rings. The molecule has 3 N–H and O–H groups in total. The predicted octanol–water partition coefficient (Wildman–Crippen LogP) is 4.26. The van der Waals surface area contributed by atoms with Crippen molar-refractivity contribution in [2.45, 2.75) is 43.8 Å². The number of pyridine rings is 1. The minimum atomic E-state index is -4.63. The Kier molecular flexibility index (Phi) is 7.61. The van der Waals surface area contributed by atoms with Crippen molar-refractivity contribution in [2.24, 2.45) is 0 Å². The lowest BCUT2D eigenvalue weighted by atomic mass is 9.92. The number of aromatic hydroxyl groups is 1. The number of hydrogen-bond donors (Lipinski definition) is 2. The van der Waals surface area contributed by atoms with Gasteiger partial charge in [0.15, 0.2) is 0 Å². The first-order chi connectivity index (χ1) is 21.1. The lowest BCUT2D eigenvalue weighted by Gasteiger charge is -2.34. The maximum Gasteiger partial charge on any atom is 0.416 e. The predicted molar refractivity (Wildman–Crippen MR) is 154 cm³/mol. The SMILES string of the molecule is COCCN(C(=O)c1ccc(-c2nc(C3CCC4CCC(=O)N4C3)n3ccnc(N)c23)c(O)c1)c1cc(C(F)(F)F)ccn1. The molecule has 14 heteroatoms. The lowest BCUT2D eigenvalue weighted by Crippen LogP contribution is -2.41. The van der Waals surface area contributed by atoms with Gasteiger partial charge in [-0.3, -0.25) is 18.9 Å². The van der Waals surface area contributed by atoms with Gasteiger partial charge in [0, 0.05) is 61.8 Å². The molecule has 6 rings (SSSR count). The number of nitrogen functional groups attached to an aromatic ring is 1. The van der Waals surface area contributed by atoms with Crippen LogP contribution >= 0.6 is 0 Å². The van der Waals surface area contributed by atoms with Gasteiger partial charge in [-0.15, -0.1) is 0 Å². The summed E-state index contributed by atoms with van der Waals surface area (Å²) in [7, 11) is 1.40. The molecule has 0 spiro atoms. The van der Waals surface area contributed by atoms with Gasteiger partial charge < -0.3 is 20.5 Å². The first-order valence-corrected chi connectivity index (χ1v) is 14.2. The van der Waals surface area contributed by atoms with Crippen LogP contribution in [-0.2, 0) is 15.7 Å². The number of nitrogens with two attached hydrogens (primary N) is 1. The maximum absolute atomic E-state index is 13.6. The molecule has 0 bridgehead atoms. The number of rotatable bonds is 7. The number of phenols is 1. The van der Waals surface area contributed by atoms with Crippen molar-refractivity contribution in [3.05, 3.63) is 65.9 Å². The summed E-state index contributed by atoms with van der Waals surface area (Å²) in [6.07, 6.45) is 2.76. The highest BCUT2D eigenvalue weighted by Crippen LogP contribution is 2.40. The van der Waals surface area contributed by atoms with E-state index in [-0.39, 0.29) is 59.5 Å². The lowest BCUT2D eigenvalue weighted by molar-refractivity contribution is -0.137. The fourth-order valence-electron chi connectivity index (χ4n) is 6.11. The number of carbonyl (C=O) groups is 2. The van der Waals surface area contributed by atoms with Crippen molar-refractivity contribution in [1.29, 1.82) is 0 Å². The van der Waals surface area contributed by atoms with E-state index >= 15 is 0 Å². The Morgan fingerprint density at radius 3 is 2.73 bits per heavy atom. The Bertz CT molecular complexity index is 1740. The third-order valence-corrected chi connectivity index (χ3v) is 8.31. The molecule has 2 unspecified atom stereocenters. The molecule has 11 nitrogen and oxygen atoms in total. The zero-order valence-electron chi connectivity index (χ0n) is 23.8. The minimum Gasteiger partial charge on any atom is -0.507 e. The number of methoxy groups -OCH3 is 1. The monoisotopic (exact) mass is 609 g/mol. The van der Waals surface area contributed by atoms with Crippen LogP contribution in [0.2, 0.25) is 0 Å². The second-order valence-electron chi connectivity index (χ2n) is 10.9. The van der Waals surface area contributed by atoms with Crippen LogP contribution in [-0.4, -0.2) is 74.0 Å². The standard InChI is InChI=1S/C30H30F3N7O4/c1-44-13-12-38(23-15-19(8-9-35-23)30(31,32)33)29(43)17-3-6-21(22(41)14-17)25-26-27(34)36-10-11-39(26)28(37-25)18-2-4-20-5-7-24(42)40(20)16-18/h3,6,8-11,14-15,18,20,41H,2,4-5,7,12-13,16H2,1H3,(H2,34,36). The average molecular weight is 610 g/mol. The number of halogens is 3. The molecule has 0 radical (unpaired) electrons. The second-order valence-corrected chi connectivity index (χ2v) is 10.9. The molecule has 0 aliphatic carbocycles. The normalized spacial score (nSPS) is 18.5. The number of hydrogen-bond acceptors (Lipinski definition) is 8. The van der Waals surface area contributed by atoms with E-state index in [0.29, 0.717) is 30.0 Å². The fourth-order valence-corrected chi connectivity index (χ4v) is 6.11. The smallest absolute Gasteiger partial charge is 0.416 e. The number of amides is 2. The summed E-state index contributed by atoms with van der Waals surface area (Å²) in [5, 5.41) is 11.2. The molecule has 5 heterocycles. The molecular weight excluding hydrogens is 579 g/mol. The molecule has 2 atom stereocenters. The number of alkyl halides is 3. The van der Waals surface area contributed by atoms with E-state index in [4.69, 9.17) is 15.5 Å². The van der Waals surface area contributed by atoms with Crippen LogP contribution in [0.1, 0.15) is 53.3 Å². The Hall–Kier alpha value is -4.72. The maximum atomic E-state index is 13.6. The third kappa shape index (κ3) is 5.29. The summed E-state index contributed by atoms with van der Waals surface area (Å²) in [5.41, 5.74) is 6.47. The van der Waals surface area contributed by atoms with E-state index in [1.165, 1.54) is 25.3 Å². The van der Waals surface area contributed by atoms with Crippen LogP contribution in [0.15, 0.2) is 48.9 Å². The summed E-state index contributed by atoms with van der Waals surface area (Å²) < 4.78 is 47.0. The Labute approximate surface area is 250 Å². The quantitative estimate of drug-likeness (QED) is 0.317. The zero-order valence-corrected chi connectivity index (χ0v) is 23.8. The second kappa shape index (κ2) is 11.4. The van der Waals surface area contributed by atoms with Crippen molar-refractivity contribution in [1.82, 2.24) is 24.3 Å². The molecular formula is C30H30F3N7O4. The van der Waals surface area contributed by atoms with Crippen molar-refractivity contribution in [3.63, 3.8) is 0 Å². The van der Waals surface area contributed by atoms with E-state index in [9.17, 15) is 27.9 Å². The largest absolute Gasteiger partial charge is 0.507 e. The Morgan fingerprint density at radius 2 is 1.98 bits per heavy atom. The van der Waals surface area contributed by atoms with Crippen LogP contribution in [0.5, 0.6) is 5.75 Å². The molecule has 2 fully saturated rings. The number of benzene rings is 1. The van der Waals surface area contributed by atoms with Crippen LogP contribution in [0.4, 0.5) is 24.8 Å². The highest BCUT2D eigenvalue weighted by atomic mass is 19.4. The Morgan fingerprint density at radius 1 is 1.16 bits per heavy atom. The van der Waals surface area contributed by atoms with Gasteiger partial charge in [0.1, 0.15) is 34.4 Å². The number of carbonyl (C=O) groups excluding carboxylic acids is 2. The number of aromatic nitrogens is 4. The summed E-state index contributed by atoms with van der Waals surface area (Å²) in [4.78, 5) is 42.1. The number of nitrogens with zero attached hydrogens (tertiary/aromatic N) is 6. The van der Waals surface area contributed by atoms with E-state index in [1.807, 2.05) is 9.30 Å². The van der Waals surface area contributed by atoms with Gasteiger partial charge in [0.2, 0.25) is 5.91 Å². The van der Waals surface area contributed by atoms with Crippen molar-refractivity contribution in [2.75, 3.05) is 37.4 Å². The molecule has 4 aromatic rings. The van der Waals surface area contributed by atoms with Gasteiger partial charge in [0.25, 0.3) is 5.91 Å². The van der Waals surface area contributed by atoms with Gasteiger partial charge in [-0.2, -0.15) is 13.2 Å². The third-order valence-electron chi connectivity index (χ3n) is 8.31. The summed E-state index contributed by atoms with van der Waals surface area (Å²) >= 11 is 0. The van der Waals surface area contributed by atoms with Crippen molar-refractivity contribution < 1.29 is 32.6 Å². The van der Waals surface area contributed by atoms with E-state index < -0.39 is 17.6 Å². The van der Waals surface area contributed by atoms with Crippen LogP contribution < -0.4 is 10.6 Å². The first kappa shape index (κ1) is 29.4. The molecule has 1 aromatic carbocycles. The summed E-state index contributed by atoms with van der Waals surface area (Å²) in [6.45, 7) is 0.490. The van der Waals surface area contributed by atoms with E-state index in [1.54, 1.807) is 12.4 Å². The molecule has 2 amide bonds. The number of phenolic OH excluding ortho intramolecular Hbond substituents is 1. The topological polar surface area (TPSA) is 139 Å². The summed E-state index contributed by atoms with van der Waals surface area (Å²) in [5.74, 6) is -0.225.